The molecule has 1 saturated heterocycles. The van der Waals surface area contributed by atoms with Gasteiger partial charge in [0.1, 0.15) is 0 Å². The van der Waals surface area contributed by atoms with E-state index in [2.05, 4.69) is 113 Å². The quantitative estimate of drug-likeness (QED) is 0.572. The van der Waals surface area contributed by atoms with Gasteiger partial charge in [0.15, 0.2) is 0 Å². The second-order valence-electron chi connectivity index (χ2n) is 9.80. The fourth-order valence-corrected chi connectivity index (χ4v) is 27.4. The average molecular weight is 529 g/mol. The van der Waals surface area contributed by atoms with Gasteiger partial charge in [0.25, 0.3) is 0 Å². The first kappa shape index (κ1) is 24.5. The van der Waals surface area contributed by atoms with Gasteiger partial charge < -0.3 is 24.8 Å². The van der Waals surface area contributed by atoms with Gasteiger partial charge in [0.2, 0.25) is 0 Å². The Morgan fingerprint density at radius 1 is 0.581 bits per heavy atom. The summed E-state index contributed by atoms with van der Waals surface area (Å²) in [5.41, 5.74) is 5.60. The summed E-state index contributed by atoms with van der Waals surface area (Å²) in [5, 5.41) is 0. The predicted molar refractivity (Wildman–Crippen MR) is 122 cm³/mol. The molecule has 3 heteroatoms. The molecule has 5 rings (SSSR count). The van der Waals surface area contributed by atoms with E-state index in [1.54, 1.807) is 0 Å². The number of halogens is 2. The minimum absolute atomic E-state index is 0. The molecule has 31 heavy (non-hydrogen) atoms. The molecule has 2 aromatic carbocycles. The molecule has 0 N–H and O–H groups in total. The van der Waals surface area contributed by atoms with Crippen molar-refractivity contribution in [2.45, 2.75) is 46.8 Å². The van der Waals surface area contributed by atoms with Crippen LogP contribution in [0.15, 0.2) is 91.5 Å². The minimum Gasteiger partial charge on any atom is -1.00 e. The standard InChI is InChI=1S/2C11H9.C6H12.2ClH.Zr/c2*1-2-6-10(7-3-1)11-8-4-5-9-11;1-5(2)6(3)4;;;/h2*1-3,6-9H,4H2;1-4H3;2*1H;/q;;;;;+2/p-2. The monoisotopic (exact) mass is 526 g/mol. The Morgan fingerprint density at radius 3 is 1.26 bits per heavy atom. The molecule has 3 aliphatic rings. The van der Waals surface area contributed by atoms with E-state index in [0.29, 0.717) is 6.25 Å². The summed E-state index contributed by atoms with van der Waals surface area (Å²) in [4.78, 5) is 0. The molecule has 1 heterocycles. The molecule has 0 aromatic heterocycles. The molecular formula is C28H30Cl2Zr. The first-order valence-corrected chi connectivity index (χ1v) is 15.7. The van der Waals surface area contributed by atoms with Crippen LogP contribution in [0.3, 0.4) is 0 Å². The van der Waals surface area contributed by atoms with E-state index in [1.807, 2.05) is 6.56 Å². The summed E-state index contributed by atoms with van der Waals surface area (Å²) < 4.78 is 4.53. The van der Waals surface area contributed by atoms with Gasteiger partial charge in [0, 0.05) is 0 Å². The Balaban J connectivity index is 0.00000136. The molecule has 0 atom stereocenters. The molecule has 0 spiro atoms. The summed E-state index contributed by atoms with van der Waals surface area (Å²) in [5.74, 6) is 0. The molecule has 2 aliphatic carbocycles. The van der Waals surface area contributed by atoms with Crippen molar-refractivity contribution < 1.29 is 45.1 Å². The molecule has 1 fully saturated rings. The van der Waals surface area contributed by atoms with Gasteiger partial charge in [-0.3, -0.25) is 0 Å². The Bertz CT molecular complexity index is 997. The van der Waals surface area contributed by atoms with Gasteiger partial charge in [-0.1, -0.05) is 0 Å². The Kier molecular flexibility index (Phi) is 6.85. The van der Waals surface area contributed by atoms with Crippen molar-refractivity contribution >= 4 is 11.1 Å². The third-order valence-corrected chi connectivity index (χ3v) is 26.4. The second-order valence-corrected chi connectivity index (χ2v) is 22.8. The summed E-state index contributed by atoms with van der Waals surface area (Å²) >= 11 is -2.75. The number of allylic oxidation sites excluding steroid dienone is 8. The molecule has 2 aromatic rings. The largest absolute Gasteiger partial charge is 1.00 e. The summed E-state index contributed by atoms with van der Waals surface area (Å²) in [6.07, 6.45) is 12.5. The van der Waals surface area contributed by atoms with Crippen LogP contribution in [-0.4, -0.2) is 0 Å². The van der Waals surface area contributed by atoms with Crippen molar-refractivity contribution in [3.63, 3.8) is 0 Å². The fraction of sp³-hybridized carbons (Fsp3) is 0.286. The van der Waals surface area contributed by atoms with E-state index in [1.165, 1.54) is 22.3 Å². The van der Waals surface area contributed by atoms with Crippen LogP contribution in [0.4, 0.5) is 0 Å². The Morgan fingerprint density at radius 2 is 0.935 bits per heavy atom. The summed E-state index contributed by atoms with van der Waals surface area (Å²) in [6, 6.07) is 21.8. The van der Waals surface area contributed by atoms with Gasteiger partial charge >= 0.3 is 181 Å². The summed E-state index contributed by atoms with van der Waals surface area (Å²) in [7, 11) is 0. The van der Waals surface area contributed by atoms with Crippen LogP contribution in [0.5, 0.6) is 0 Å². The van der Waals surface area contributed by atoms with Crippen LogP contribution >= 0.6 is 0 Å². The van der Waals surface area contributed by atoms with Gasteiger partial charge in [-0.05, 0) is 0 Å². The molecule has 1 aliphatic heterocycles. The van der Waals surface area contributed by atoms with Crippen molar-refractivity contribution in [1.82, 2.24) is 0 Å². The van der Waals surface area contributed by atoms with Crippen molar-refractivity contribution in [3.8, 4) is 0 Å². The first-order chi connectivity index (χ1) is 13.9. The van der Waals surface area contributed by atoms with Crippen LogP contribution in [0, 0.1) is 0 Å². The van der Waals surface area contributed by atoms with E-state index >= 15 is 0 Å². The smallest absolute Gasteiger partial charge is 1.00 e. The second kappa shape index (κ2) is 8.66. The number of benzene rings is 2. The van der Waals surface area contributed by atoms with Crippen molar-refractivity contribution in [1.29, 1.82) is 0 Å². The topological polar surface area (TPSA) is 0 Å². The third-order valence-electron chi connectivity index (χ3n) is 8.30. The maximum atomic E-state index is 2.59. The van der Waals surface area contributed by atoms with E-state index < -0.39 is 20.3 Å². The zero-order valence-corrected chi connectivity index (χ0v) is 22.7. The van der Waals surface area contributed by atoms with Crippen molar-refractivity contribution in [2.75, 3.05) is 0 Å². The predicted octanol–water partition coefficient (Wildman–Crippen LogP) is 2.30. The minimum atomic E-state index is -2.75. The van der Waals surface area contributed by atoms with Crippen molar-refractivity contribution in [3.05, 3.63) is 103 Å². The van der Waals surface area contributed by atoms with Crippen LogP contribution in [0.2, 0.25) is 6.25 Å². The Hall–Kier alpha value is -1.14. The molecule has 0 amide bonds. The van der Waals surface area contributed by atoms with Crippen LogP contribution in [-0.2, 0) is 20.3 Å². The van der Waals surface area contributed by atoms with Gasteiger partial charge in [-0.25, -0.2) is 0 Å². The first-order valence-electron chi connectivity index (χ1n) is 10.8. The van der Waals surface area contributed by atoms with E-state index in [0.717, 1.165) is 12.8 Å². The van der Waals surface area contributed by atoms with Gasteiger partial charge in [-0.15, -0.1) is 0 Å². The molecule has 0 radical (unpaired) electrons. The fourth-order valence-electron chi connectivity index (χ4n) is 6.36. The molecule has 0 saturated carbocycles. The maximum absolute atomic E-state index is 2.75. The number of rotatable bonds is 4. The molecule has 0 nitrogen and oxygen atoms in total. The number of hydrogen-bond donors (Lipinski definition) is 0. The molecule has 160 valence electrons. The van der Waals surface area contributed by atoms with E-state index in [-0.39, 0.29) is 24.8 Å². The summed E-state index contributed by atoms with van der Waals surface area (Å²) in [6.45, 7) is 10.2. The zero-order chi connectivity index (χ0) is 20.3. The molecular weight excluding hydrogens is 498 g/mol. The van der Waals surface area contributed by atoms with Crippen molar-refractivity contribution in [2.24, 2.45) is 0 Å². The Labute approximate surface area is 204 Å². The van der Waals surface area contributed by atoms with E-state index in [9.17, 15) is 0 Å². The van der Waals surface area contributed by atoms with E-state index in [4.69, 9.17) is 0 Å². The maximum Gasteiger partial charge on any atom is -1.00 e. The zero-order valence-electron chi connectivity index (χ0n) is 18.8. The molecule has 0 unspecified atom stereocenters. The average Bonchev–Trinajstić information content (AvgIpc) is 3.27. The van der Waals surface area contributed by atoms with Gasteiger partial charge in [-0.2, -0.15) is 0 Å². The number of hydrogen-bond acceptors (Lipinski definition) is 0. The van der Waals surface area contributed by atoms with Crippen LogP contribution in [0.25, 0.3) is 11.1 Å². The van der Waals surface area contributed by atoms with Crippen LogP contribution < -0.4 is 24.8 Å². The SMILES string of the molecule is C[C]1(C)[C](C)(C)[Zr+2]1([C]1=CC(c2ccccc2)=CC1)[C]1=CC(c2ccccc2)=CC1.[Cl-].[Cl-]. The van der Waals surface area contributed by atoms with Crippen LogP contribution in [0.1, 0.15) is 51.7 Å². The molecule has 0 bridgehead atoms. The van der Waals surface area contributed by atoms with Gasteiger partial charge in [0.05, 0.1) is 0 Å². The third kappa shape index (κ3) is 3.44. The normalized spacial score (nSPS) is 20.6.